The molecule has 0 atom stereocenters. The smallest absolute Gasteiger partial charge is 0.250 e. The van der Waals surface area contributed by atoms with Crippen molar-refractivity contribution in [2.45, 2.75) is 5.16 Å². The molecule has 9 heteroatoms. The van der Waals surface area contributed by atoms with E-state index in [1.165, 1.54) is 18.0 Å². The molecule has 1 N–H and O–H groups in total. The molecule has 0 saturated heterocycles. The summed E-state index contributed by atoms with van der Waals surface area (Å²) in [5, 5.41) is 14.4. The summed E-state index contributed by atoms with van der Waals surface area (Å²) >= 11 is 13.4. The summed E-state index contributed by atoms with van der Waals surface area (Å²) in [4.78, 5) is 12.3. The zero-order valence-corrected chi connectivity index (χ0v) is 19.0. The molecule has 3 aromatic carbocycles. The van der Waals surface area contributed by atoms with Gasteiger partial charge in [-0.3, -0.25) is 9.36 Å². The lowest BCUT2D eigenvalue weighted by molar-refractivity contribution is -0.118. The largest absolute Gasteiger partial charge is 0.272 e. The molecule has 6 nitrogen and oxygen atoms in total. The monoisotopic (exact) mass is 481 g/mol. The number of hydrogen-bond acceptors (Lipinski definition) is 5. The summed E-state index contributed by atoms with van der Waals surface area (Å²) in [6, 6.07) is 24.4. The Morgan fingerprint density at radius 3 is 2.44 bits per heavy atom. The molecule has 0 bridgehead atoms. The summed E-state index contributed by atoms with van der Waals surface area (Å²) in [5.74, 6) is 0.507. The van der Waals surface area contributed by atoms with Crippen LogP contribution in [0.2, 0.25) is 10.0 Å². The fourth-order valence-electron chi connectivity index (χ4n) is 2.88. The van der Waals surface area contributed by atoms with Gasteiger partial charge in [0.25, 0.3) is 5.91 Å². The minimum absolute atomic E-state index is 0.117. The van der Waals surface area contributed by atoms with Gasteiger partial charge in [0.1, 0.15) is 0 Å². The van der Waals surface area contributed by atoms with E-state index in [0.717, 1.165) is 16.8 Å². The van der Waals surface area contributed by atoms with Crippen LogP contribution in [0.3, 0.4) is 0 Å². The van der Waals surface area contributed by atoms with Crippen LogP contribution >= 0.6 is 35.0 Å². The molecule has 1 amide bonds. The van der Waals surface area contributed by atoms with Crippen molar-refractivity contribution >= 4 is 47.1 Å². The summed E-state index contributed by atoms with van der Waals surface area (Å²) in [7, 11) is 0. The Bertz CT molecular complexity index is 1240. The van der Waals surface area contributed by atoms with E-state index in [1.54, 1.807) is 18.2 Å². The standard InChI is InChI=1S/C23H17Cl2N5OS/c24-18-12-10-16(11-13-18)22-28-29-23(30(22)19-7-2-1-3-8-19)32-15-21(31)27-26-14-17-6-4-5-9-20(17)25/h1-14H,15H2,(H,27,31)/b26-14-. The van der Waals surface area contributed by atoms with E-state index >= 15 is 0 Å². The molecule has 32 heavy (non-hydrogen) atoms. The maximum absolute atomic E-state index is 12.3. The predicted octanol–water partition coefficient (Wildman–Crippen LogP) is 5.48. The number of para-hydroxylation sites is 1. The molecule has 1 aromatic heterocycles. The van der Waals surface area contributed by atoms with Crippen molar-refractivity contribution in [1.82, 2.24) is 20.2 Å². The van der Waals surface area contributed by atoms with Gasteiger partial charge >= 0.3 is 0 Å². The van der Waals surface area contributed by atoms with Gasteiger partial charge in [0, 0.05) is 26.9 Å². The Morgan fingerprint density at radius 2 is 1.69 bits per heavy atom. The van der Waals surface area contributed by atoms with Crippen molar-refractivity contribution in [3.63, 3.8) is 0 Å². The number of benzene rings is 3. The number of halogens is 2. The van der Waals surface area contributed by atoms with Crippen LogP contribution in [0.15, 0.2) is 89.1 Å². The zero-order valence-electron chi connectivity index (χ0n) is 16.7. The highest BCUT2D eigenvalue weighted by Crippen LogP contribution is 2.28. The van der Waals surface area contributed by atoms with Gasteiger partial charge in [0.15, 0.2) is 11.0 Å². The molecule has 0 aliphatic carbocycles. The number of hydrazone groups is 1. The molecular formula is C23H17Cl2N5OS. The van der Waals surface area contributed by atoms with E-state index in [4.69, 9.17) is 23.2 Å². The van der Waals surface area contributed by atoms with Crippen LogP contribution in [0.25, 0.3) is 17.1 Å². The highest BCUT2D eigenvalue weighted by atomic mass is 35.5. The van der Waals surface area contributed by atoms with Crippen LogP contribution in [0.4, 0.5) is 0 Å². The van der Waals surface area contributed by atoms with Gasteiger partial charge in [0.05, 0.1) is 12.0 Å². The van der Waals surface area contributed by atoms with Gasteiger partial charge in [-0.05, 0) is 42.5 Å². The third-order valence-electron chi connectivity index (χ3n) is 4.38. The zero-order chi connectivity index (χ0) is 22.3. The first-order valence-electron chi connectivity index (χ1n) is 9.58. The van der Waals surface area contributed by atoms with E-state index < -0.39 is 0 Å². The van der Waals surface area contributed by atoms with Crippen LogP contribution in [0, 0.1) is 0 Å². The Morgan fingerprint density at radius 1 is 0.969 bits per heavy atom. The van der Waals surface area contributed by atoms with Crippen molar-refractivity contribution in [2.75, 3.05) is 5.75 Å². The van der Waals surface area contributed by atoms with Crippen LogP contribution < -0.4 is 5.43 Å². The van der Waals surface area contributed by atoms with Gasteiger partial charge in [-0.15, -0.1) is 10.2 Å². The average molecular weight is 482 g/mol. The Labute approximate surface area is 199 Å². The second kappa shape index (κ2) is 10.5. The maximum atomic E-state index is 12.3. The molecule has 0 fully saturated rings. The molecule has 0 saturated carbocycles. The molecular weight excluding hydrogens is 465 g/mol. The topological polar surface area (TPSA) is 72.2 Å². The lowest BCUT2D eigenvalue weighted by Crippen LogP contribution is -2.20. The van der Waals surface area contributed by atoms with Crippen LogP contribution in [-0.4, -0.2) is 32.6 Å². The molecule has 4 rings (SSSR count). The first-order valence-corrected chi connectivity index (χ1v) is 11.3. The van der Waals surface area contributed by atoms with Gasteiger partial charge < -0.3 is 0 Å². The quantitative estimate of drug-likeness (QED) is 0.215. The summed E-state index contributed by atoms with van der Waals surface area (Å²) < 4.78 is 1.91. The molecule has 160 valence electrons. The van der Waals surface area contributed by atoms with Crippen molar-refractivity contribution < 1.29 is 4.79 Å². The third kappa shape index (κ3) is 5.37. The van der Waals surface area contributed by atoms with Crippen molar-refractivity contribution in [3.8, 4) is 17.1 Å². The number of rotatable bonds is 7. The van der Waals surface area contributed by atoms with Crippen LogP contribution in [0.1, 0.15) is 5.56 Å². The number of carbonyl (C=O) groups excluding carboxylic acids is 1. The number of hydrogen-bond donors (Lipinski definition) is 1. The van der Waals surface area contributed by atoms with Gasteiger partial charge in [-0.2, -0.15) is 5.10 Å². The molecule has 0 aliphatic heterocycles. The van der Waals surface area contributed by atoms with Crippen LogP contribution in [0.5, 0.6) is 0 Å². The second-order valence-electron chi connectivity index (χ2n) is 6.59. The van der Waals surface area contributed by atoms with Crippen molar-refractivity contribution in [2.24, 2.45) is 5.10 Å². The number of nitrogens with zero attached hydrogens (tertiary/aromatic N) is 4. The highest BCUT2D eigenvalue weighted by Gasteiger charge is 2.17. The first kappa shape index (κ1) is 22.1. The van der Waals surface area contributed by atoms with Gasteiger partial charge in [-0.1, -0.05) is 71.4 Å². The summed E-state index contributed by atoms with van der Waals surface area (Å²) in [6.45, 7) is 0. The van der Waals surface area contributed by atoms with Gasteiger partial charge in [-0.25, -0.2) is 5.43 Å². The Kier molecular flexibility index (Phi) is 7.21. The van der Waals surface area contributed by atoms with Crippen LogP contribution in [-0.2, 0) is 4.79 Å². The second-order valence-corrected chi connectivity index (χ2v) is 8.37. The Hall–Kier alpha value is -3.13. The Balaban J connectivity index is 1.50. The van der Waals surface area contributed by atoms with E-state index in [9.17, 15) is 4.79 Å². The summed E-state index contributed by atoms with van der Waals surface area (Å²) in [5.41, 5.74) is 4.99. The average Bonchev–Trinajstić information content (AvgIpc) is 3.24. The van der Waals surface area contributed by atoms with E-state index in [0.29, 0.717) is 21.0 Å². The molecule has 0 spiro atoms. The lowest BCUT2D eigenvalue weighted by Gasteiger charge is -2.10. The molecule has 0 unspecified atom stereocenters. The first-order chi connectivity index (χ1) is 15.6. The fraction of sp³-hybridized carbons (Fsp3) is 0.0435. The van der Waals surface area contributed by atoms with Crippen molar-refractivity contribution in [3.05, 3.63) is 94.5 Å². The minimum Gasteiger partial charge on any atom is -0.272 e. The number of aromatic nitrogens is 3. The number of nitrogens with one attached hydrogen (secondary N) is 1. The summed E-state index contributed by atoms with van der Waals surface area (Å²) in [6.07, 6.45) is 1.51. The predicted molar refractivity (Wildman–Crippen MR) is 130 cm³/mol. The highest BCUT2D eigenvalue weighted by molar-refractivity contribution is 7.99. The molecule has 4 aromatic rings. The normalized spacial score (nSPS) is 11.1. The third-order valence-corrected chi connectivity index (χ3v) is 5.91. The molecule has 0 radical (unpaired) electrons. The number of amides is 1. The fourth-order valence-corrected chi connectivity index (χ4v) is 3.93. The minimum atomic E-state index is -0.269. The maximum Gasteiger partial charge on any atom is 0.250 e. The molecule has 1 heterocycles. The van der Waals surface area contributed by atoms with E-state index in [1.807, 2.05) is 65.2 Å². The molecule has 0 aliphatic rings. The van der Waals surface area contributed by atoms with E-state index in [-0.39, 0.29) is 11.7 Å². The van der Waals surface area contributed by atoms with Crippen molar-refractivity contribution in [1.29, 1.82) is 0 Å². The number of carbonyl (C=O) groups is 1. The lowest BCUT2D eigenvalue weighted by atomic mass is 10.2. The van der Waals surface area contributed by atoms with Gasteiger partial charge in [0.2, 0.25) is 0 Å². The number of thioether (sulfide) groups is 1. The van der Waals surface area contributed by atoms with E-state index in [2.05, 4.69) is 20.7 Å². The SMILES string of the molecule is O=C(CSc1nnc(-c2ccc(Cl)cc2)n1-c1ccccc1)N/N=C\c1ccccc1Cl.